The number of para-hydroxylation sites is 1. The van der Waals surface area contributed by atoms with Crippen molar-refractivity contribution in [3.63, 3.8) is 0 Å². The molecule has 2 aromatic heterocycles. The summed E-state index contributed by atoms with van der Waals surface area (Å²) in [6, 6.07) is 7.62. The van der Waals surface area contributed by atoms with Gasteiger partial charge in [-0.1, -0.05) is 29.0 Å². The van der Waals surface area contributed by atoms with Gasteiger partial charge in [-0.15, -0.1) is 0 Å². The molecular weight excluding hydrogens is 358 g/mol. The second kappa shape index (κ2) is 6.65. The highest BCUT2D eigenvalue weighted by molar-refractivity contribution is 7.22. The van der Waals surface area contributed by atoms with Crippen LogP contribution >= 0.6 is 22.9 Å². The number of hydrogen-bond donors (Lipinski definition) is 0. The van der Waals surface area contributed by atoms with Crippen LogP contribution in [0.25, 0.3) is 10.2 Å². The number of fused-ring (bicyclic) bond motifs is 1. The molecule has 0 saturated carbocycles. The van der Waals surface area contributed by atoms with E-state index in [0.717, 1.165) is 35.0 Å². The molecule has 0 unspecified atom stereocenters. The van der Waals surface area contributed by atoms with Crippen LogP contribution in [0.5, 0.6) is 0 Å². The molecule has 25 heavy (non-hydrogen) atoms. The van der Waals surface area contributed by atoms with Crippen LogP contribution in [-0.2, 0) is 6.54 Å². The van der Waals surface area contributed by atoms with Crippen molar-refractivity contribution in [1.82, 2.24) is 19.7 Å². The largest absolute Gasteiger partial charge is 0.345 e. The number of hydrogen-bond acceptors (Lipinski definition) is 5. The number of aromatic nitrogens is 3. The van der Waals surface area contributed by atoms with Crippen molar-refractivity contribution < 1.29 is 4.79 Å². The smallest absolute Gasteiger partial charge is 0.274 e. The summed E-state index contributed by atoms with van der Waals surface area (Å²) in [5.41, 5.74) is 1.37. The van der Waals surface area contributed by atoms with Gasteiger partial charge in [0.1, 0.15) is 11.2 Å². The lowest BCUT2D eigenvalue weighted by Gasteiger charge is -2.34. The molecule has 8 heteroatoms. The average molecular weight is 376 g/mol. The van der Waals surface area contributed by atoms with Crippen LogP contribution in [0.15, 0.2) is 30.5 Å². The molecule has 1 fully saturated rings. The van der Waals surface area contributed by atoms with E-state index in [1.807, 2.05) is 36.2 Å². The van der Waals surface area contributed by atoms with E-state index in [9.17, 15) is 4.79 Å². The first-order chi connectivity index (χ1) is 12.2. The summed E-state index contributed by atoms with van der Waals surface area (Å²) >= 11 is 7.86. The summed E-state index contributed by atoms with van der Waals surface area (Å²) in [6.07, 6.45) is 1.84. The van der Waals surface area contributed by atoms with Crippen LogP contribution in [0.4, 0.5) is 5.13 Å². The number of halogens is 1. The lowest BCUT2D eigenvalue weighted by atomic mass is 10.3. The van der Waals surface area contributed by atoms with E-state index in [1.54, 1.807) is 22.1 Å². The van der Waals surface area contributed by atoms with Gasteiger partial charge in [0, 0.05) is 38.9 Å². The molecule has 1 amide bonds. The number of carbonyl (C=O) groups excluding carboxylic acids is 1. The van der Waals surface area contributed by atoms with Crippen molar-refractivity contribution in [2.45, 2.75) is 13.5 Å². The molecule has 3 heterocycles. The maximum absolute atomic E-state index is 12.6. The number of benzene rings is 1. The molecule has 0 N–H and O–H groups in total. The Morgan fingerprint density at radius 3 is 2.72 bits per heavy atom. The molecule has 1 saturated heterocycles. The van der Waals surface area contributed by atoms with Gasteiger partial charge in [-0.05, 0) is 25.1 Å². The predicted molar refractivity (Wildman–Crippen MR) is 101 cm³/mol. The zero-order valence-corrected chi connectivity index (χ0v) is 15.4. The third kappa shape index (κ3) is 3.09. The third-order valence-electron chi connectivity index (χ3n) is 4.38. The van der Waals surface area contributed by atoms with E-state index < -0.39 is 0 Å². The SMILES string of the molecule is CCn1ccc(C(=O)N2CCN(c3nc4c(Cl)cccc4s3)CC2)n1. The number of amides is 1. The first-order valence-electron chi connectivity index (χ1n) is 8.28. The summed E-state index contributed by atoms with van der Waals surface area (Å²) in [5.74, 6) is -0.000746. The van der Waals surface area contributed by atoms with Gasteiger partial charge in [0.25, 0.3) is 5.91 Å². The number of nitrogens with zero attached hydrogens (tertiary/aromatic N) is 5. The molecule has 0 atom stereocenters. The summed E-state index contributed by atoms with van der Waals surface area (Å²) in [4.78, 5) is 21.3. The molecule has 1 aromatic carbocycles. The molecule has 0 bridgehead atoms. The Kier molecular flexibility index (Phi) is 4.35. The first kappa shape index (κ1) is 16.4. The molecule has 0 radical (unpaired) electrons. The molecule has 3 aromatic rings. The molecular formula is C17H18ClN5OS. The number of aryl methyl sites for hydroxylation is 1. The Morgan fingerprint density at radius 2 is 2.04 bits per heavy atom. The number of anilines is 1. The third-order valence-corrected chi connectivity index (χ3v) is 5.77. The van der Waals surface area contributed by atoms with Gasteiger partial charge in [-0.2, -0.15) is 5.10 Å². The van der Waals surface area contributed by atoms with Crippen LogP contribution in [-0.4, -0.2) is 51.8 Å². The van der Waals surface area contributed by atoms with Gasteiger partial charge >= 0.3 is 0 Å². The molecule has 0 spiro atoms. The average Bonchev–Trinajstić information content (AvgIpc) is 3.29. The zero-order valence-electron chi connectivity index (χ0n) is 13.9. The summed E-state index contributed by atoms with van der Waals surface area (Å²) < 4.78 is 2.86. The molecule has 1 aliphatic rings. The Labute approximate surface area is 154 Å². The van der Waals surface area contributed by atoms with Crippen LogP contribution in [0, 0.1) is 0 Å². The number of carbonyl (C=O) groups is 1. The fourth-order valence-corrected chi connectivity index (χ4v) is 4.27. The highest BCUT2D eigenvalue weighted by Gasteiger charge is 2.25. The monoisotopic (exact) mass is 375 g/mol. The van der Waals surface area contributed by atoms with Crippen molar-refractivity contribution in [3.05, 3.63) is 41.2 Å². The van der Waals surface area contributed by atoms with E-state index in [0.29, 0.717) is 23.8 Å². The minimum atomic E-state index is -0.000746. The number of rotatable bonds is 3. The molecule has 0 aliphatic carbocycles. The van der Waals surface area contributed by atoms with E-state index >= 15 is 0 Å². The van der Waals surface area contributed by atoms with Crippen molar-refractivity contribution in [1.29, 1.82) is 0 Å². The molecule has 1 aliphatic heterocycles. The van der Waals surface area contributed by atoms with Crippen LogP contribution < -0.4 is 4.90 Å². The van der Waals surface area contributed by atoms with Gasteiger partial charge in [-0.3, -0.25) is 9.48 Å². The van der Waals surface area contributed by atoms with Crippen molar-refractivity contribution in [2.24, 2.45) is 0 Å². The Hall–Kier alpha value is -2.12. The zero-order chi connectivity index (χ0) is 17.4. The standard InChI is InChI=1S/C17H18ClN5OS/c1-2-23-7-6-13(20-23)16(24)21-8-10-22(11-9-21)17-19-15-12(18)4-3-5-14(15)25-17/h3-7H,2,8-11H2,1H3. The Bertz CT molecular complexity index is 913. The molecule has 6 nitrogen and oxygen atoms in total. The van der Waals surface area contributed by atoms with Crippen molar-refractivity contribution in [2.75, 3.05) is 31.1 Å². The fourth-order valence-electron chi connectivity index (χ4n) is 2.95. The lowest BCUT2D eigenvalue weighted by molar-refractivity contribution is 0.0740. The topological polar surface area (TPSA) is 54.3 Å². The van der Waals surface area contributed by atoms with Gasteiger partial charge in [0.05, 0.1) is 9.72 Å². The van der Waals surface area contributed by atoms with Gasteiger partial charge in [0.15, 0.2) is 5.13 Å². The second-order valence-corrected chi connectivity index (χ2v) is 7.34. The quantitative estimate of drug-likeness (QED) is 0.705. The summed E-state index contributed by atoms with van der Waals surface area (Å²) in [5, 5.41) is 5.95. The van der Waals surface area contributed by atoms with E-state index in [1.165, 1.54) is 0 Å². The molecule has 4 rings (SSSR count). The predicted octanol–water partition coefficient (Wildman–Crippen LogP) is 3.13. The Morgan fingerprint density at radius 1 is 1.24 bits per heavy atom. The molecule has 130 valence electrons. The first-order valence-corrected chi connectivity index (χ1v) is 9.48. The van der Waals surface area contributed by atoms with Crippen molar-refractivity contribution in [3.8, 4) is 0 Å². The van der Waals surface area contributed by atoms with Gasteiger partial charge < -0.3 is 9.80 Å². The van der Waals surface area contributed by atoms with E-state index in [2.05, 4.69) is 15.0 Å². The van der Waals surface area contributed by atoms with Gasteiger partial charge in [0.2, 0.25) is 0 Å². The summed E-state index contributed by atoms with van der Waals surface area (Å²) in [6.45, 7) is 5.63. The lowest BCUT2D eigenvalue weighted by Crippen LogP contribution is -2.48. The van der Waals surface area contributed by atoms with Crippen molar-refractivity contribution >= 4 is 44.2 Å². The van der Waals surface area contributed by atoms with E-state index in [4.69, 9.17) is 11.6 Å². The van der Waals surface area contributed by atoms with Gasteiger partial charge in [-0.25, -0.2) is 4.98 Å². The van der Waals surface area contributed by atoms with Crippen LogP contribution in [0.1, 0.15) is 17.4 Å². The van der Waals surface area contributed by atoms with Crippen LogP contribution in [0.2, 0.25) is 5.02 Å². The van der Waals surface area contributed by atoms with E-state index in [-0.39, 0.29) is 5.91 Å². The highest BCUT2D eigenvalue weighted by atomic mass is 35.5. The minimum Gasteiger partial charge on any atom is -0.345 e. The second-order valence-electron chi connectivity index (χ2n) is 5.92. The minimum absolute atomic E-state index is 0.000746. The van der Waals surface area contributed by atoms with Crippen LogP contribution in [0.3, 0.4) is 0 Å². The fraction of sp³-hybridized carbons (Fsp3) is 0.353. The Balaban J connectivity index is 1.45. The normalized spacial score (nSPS) is 15.1. The maximum atomic E-state index is 12.6. The maximum Gasteiger partial charge on any atom is 0.274 e. The highest BCUT2D eigenvalue weighted by Crippen LogP contribution is 2.33. The number of thiazole rings is 1. The summed E-state index contributed by atoms with van der Waals surface area (Å²) in [7, 11) is 0. The number of piperazine rings is 1.